The fraction of sp³-hybridized carbons (Fsp3) is 0.579. The largest absolute Gasteiger partial charge is 0.493 e. The van der Waals surface area contributed by atoms with Crippen molar-refractivity contribution in [1.29, 1.82) is 0 Å². The third kappa shape index (κ3) is 4.59. The molecule has 1 N–H and O–H groups in total. The first kappa shape index (κ1) is 19.9. The van der Waals surface area contributed by atoms with E-state index in [9.17, 15) is 9.59 Å². The molecule has 0 saturated carbocycles. The van der Waals surface area contributed by atoms with Gasteiger partial charge < -0.3 is 24.6 Å². The lowest BCUT2D eigenvalue weighted by Gasteiger charge is -2.33. The summed E-state index contributed by atoms with van der Waals surface area (Å²) in [7, 11) is 6.67. The van der Waals surface area contributed by atoms with Crippen LogP contribution in [0.25, 0.3) is 0 Å². The summed E-state index contributed by atoms with van der Waals surface area (Å²) >= 11 is 0. The molecule has 1 aliphatic heterocycles. The van der Waals surface area contributed by atoms with Gasteiger partial charge in [0.1, 0.15) is 0 Å². The van der Waals surface area contributed by atoms with Crippen LogP contribution < -0.4 is 14.8 Å². The number of nitrogens with one attached hydrogen (secondary N) is 1. The molecule has 0 bridgehead atoms. The predicted octanol–water partition coefficient (Wildman–Crippen LogP) is 2.27. The lowest BCUT2D eigenvalue weighted by atomic mass is 9.95. The smallest absolute Gasteiger partial charge is 0.319 e. The lowest BCUT2D eigenvalue weighted by molar-refractivity contribution is -0.126. The molecule has 0 aliphatic carbocycles. The minimum Gasteiger partial charge on any atom is -0.493 e. The summed E-state index contributed by atoms with van der Waals surface area (Å²) < 4.78 is 10.6. The molecule has 3 amide bonds. The molecule has 0 aromatic heterocycles. The third-order valence-electron chi connectivity index (χ3n) is 4.79. The summed E-state index contributed by atoms with van der Waals surface area (Å²) in [5, 5.41) is 3.07. The van der Waals surface area contributed by atoms with Crippen LogP contribution in [0.15, 0.2) is 18.2 Å². The monoisotopic (exact) mass is 363 g/mol. The van der Waals surface area contributed by atoms with Crippen LogP contribution in [0.2, 0.25) is 0 Å². The van der Waals surface area contributed by atoms with Crippen molar-refractivity contribution in [2.45, 2.75) is 25.8 Å². The number of piperidine rings is 1. The highest BCUT2D eigenvalue weighted by Crippen LogP contribution is 2.30. The van der Waals surface area contributed by atoms with E-state index in [4.69, 9.17) is 9.47 Å². The molecule has 0 spiro atoms. The maximum absolute atomic E-state index is 12.6. The number of ether oxygens (including phenoxy) is 2. The average molecular weight is 363 g/mol. The Balaban J connectivity index is 1.93. The Labute approximate surface area is 155 Å². The molecule has 7 heteroatoms. The van der Waals surface area contributed by atoms with Crippen molar-refractivity contribution in [3.05, 3.63) is 23.8 Å². The van der Waals surface area contributed by atoms with Gasteiger partial charge in [-0.25, -0.2) is 4.79 Å². The Morgan fingerprint density at radius 2 is 1.77 bits per heavy atom. The van der Waals surface area contributed by atoms with E-state index in [0.29, 0.717) is 37.4 Å². The standard InChI is InChI=1S/C19H29N3O4/c1-13(15-6-7-16(25-4)17(12-15)26-5)20-18(23)14-8-10-22(11-9-14)19(24)21(2)3/h6-7,12-14H,8-11H2,1-5H3,(H,20,23). The summed E-state index contributed by atoms with van der Waals surface area (Å²) in [5.74, 6) is 1.27. The quantitative estimate of drug-likeness (QED) is 0.871. The molecular weight excluding hydrogens is 334 g/mol. The molecule has 0 radical (unpaired) electrons. The number of benzene rings is 1. The lowest BCUT2D eigenvalue weighted by Crippen LogP contribution is -2.46. The van der Waals surface area contributed by atoms with Gasteiger partial charge in [0.25, 0.3) is 0 Å². The summed E-state index contributed by atoms with van der Waals surface area (Å²) in [4.78, 5) is 27.9. The van der Waals surface area contributed by atoms with Gasteiger partial charge in [-0.3, -0.25) is 4.79 Å². The van der Waals surface area contributed by atoms with Crippen molar-refractivity contribution in [2.75, 3.05) is 41.4 Å². The van der Waals surface area contributed by atoms with Crippen LogP contribution in [-0.2, 0) is 4.79 Å². The van der Waals surface area contributed by atoms with Gasteiger partial charge in [0.2, 0.25) is 5.91 Å². The number of carbonyl (C=O) groups excluding carboxylic acids is 2. The van der Waals surface area contributed by atoms with E-state index in [1.54, 1.807) is 38.1 Å². The van der Waals surface area contributed by atoms with Crippen molar-refractivity contribution in [3.8, 4) is 11.5 Å². The van der Waals surface area contributed by atoms with E-state index in [1.807, 2.05) is 25.1 Å². The summed E-state index contributed by atoms with van der Waals surface area (Å²) in [5.41, 5.74) is 0.955. The summed E-state index contributed by atoms with van der Waals surface area (Å²) in [6.07, 6.45) is 1.37. The molecule has 1 atom stereocenters. The highest BCUT2D eigenvalue weighted by molar-refractivity contribution is 5.80. The first-order valence-electron chi connectivity index (χ1n) is 8.85. The van der Waals surface area contributed by atoms with Crippen molar-refractivity contribution in [2.24, 2.45) is 5.92 Å². The summed E-state index contributed by atoms with van der Waals surface area (Å²) in [6, 6.07) is 5.50. The molecule has 1 unspecified atom stereocenters. The third-order valence-corrected chi connectivity index (χ3v) is 4.79. The van der Waals surface area contributed by atoms with Crippen molar-refractivity contribution >= 4 is 11.9 Å². The Bertz CT molecular complexity index is 640. The maximum atomic E-state index is 12.6. The van der Waals surface area contributed by atoms with Crippen LogP contribution >= 0.6 is 0 Å². The normalized spacial score (nSPS) is 16.0. The van der Waals surface area contributed by atoms with E-state index >= 15 is 0 Å². The number of nitrogens with zero attached hydrogens (tertiary/aromatic N) is 2. The number of likely N-dealkylation sites (tertiary alicyclic amines) is 1. The Hall–Kier alpha value is -2.44. The second-order valence-electron chi connectivity index (χ2n) is 6.78. The van der Waals surface area contributed by atoms with Gasteiger partial charge in [-0.05, 0) is 37.5 Å². The van der Waals surface area contributed by atoms with Crippen molar-refractivity contribution in [3.63, 3.8) is 0 Å². The number of rotatable bonds is 5. The molecule has 144 valence electrons. The zero-order chi connectivity index (χ0) is 19.3. The predicted molar refractivity (Wildman–Crippen MR) is 99.5 cm³/mol. The van der Waals surface area contributed by atoms with Crippen LogP contribution in [0.5, 0.6) is 11.5 Å². The molecule has 7 nitrogen and oxygen atoms in total. The summed E-state index contributed by atoms with van der Waals surface area (Å²) in [6.45, 7) is 3.17. The Morgan fingerprint density at radius 1 is 1.15 bits per heavy atom. The Kier molecular flexibility index (Phi) is 6.71. The molecule has 2 rings (SSSR count). The first-order valence-corrected chi connectivity index (χ1v) is 8.85. The van der Waals surface area contributed by atoms with E-state index < -0.39 is 0 Å². The second kappa shape index (κ2) is 8.78. The molecule has 1 heterocycles. The number of urea groups is 1. The zero-order valence-corrected chi connectivity index (χ0v) is 16.2. The SMILES string of the molecule is COc1ccc(C(C)NC(=O)C2CCN(C(=O)N(C)C)CC2)cc1OC. The van der Waals surface area contributed by atoms with Crippen LogP contribution in [0.1, 0.15) is 31.4 Å². The highest BCUT2D eigenvalue weighted by atomic mass is 16.5. The minimum atomic E-state index is -0.135. The van der Waals surface area contributed by atoms with Crippen molar-refractivity contribution in [1.82, 2.24) is 15.1 Å². The van der Waals surface area contributed by atoms with Crippen LogP contribution in [0, 0.1) is 5.92 Å². The number of hydrogen-bond donors (Lipinski definition) is 1. The number of amides is 3. The molecule has 26 heavy (non-hydrogen) atoms. The van der Waals surface area contributed by atoms with Gasteiger partial charge >= 0.3 is 6.03 Å². The van der Waals surface area contributed by atoms with E-state index in [-0.39, 0.29) is 23.9 Å². The second-order valence-corrected chi connectivity index (χ2v) is 6.78. The fourth-order valence-corrected chi connectivity index (χ4v) is 3.15. The van der Waals surface area contributed by atoms with Gasteiger partial charge in [0, 0.05) is 33.1 Å². The number of carbonyl (C=O) groups is 2. The first-order chi connectivity index (χ1) is 12.4. The van der Waals surface area contributed by atoms with Gasteiger partial charge in [-0.15, -0.1) is 0 Å². The van der Waals surface area contributed by atoms with Crippen LogP contribution in [0.4, 0.5) is 4.79 Å². The molecular formula is C19H29N3O4. The zero-order valence-electron chi connectivity index (χ0n) is 16.2. The van der Waals surface area contributed by atoms with Gasteiger partial charge in [0.05, 0.1) is 20.3 Å². The molecule has 1 fully saturated rings. The average Bonchev–Trinajstić information content (AvgIpc) is 2.66. The van der Waals surface area contributed by atoms with Gasteiger partial charge in [0.15, 0.2) is 11.5 Å². The van der Waals surface area contributed by atoms with E-state index in [0.717, 1.165) is 5.56 Å². The Morgan fingerprint density at radius 3 is 2.31 bits per heavy atom. The highest BCUT2D eigenvalue weighted by Gasteiger charge is 2.28. The van der Waals surface area contributed by atoms with E-state index in [1.165, 1.54) is 0 Å². The molecule has 1 aromatic carbocycles. The minimum absolute atomic E-state index is 0.00236. The van der Waals surface area contributed by atoms with E-state index in [2.05, 4.69) is 5.32 Å². The number of hydrogen-bond acceptors (Lipinski definition) is 4. The molecule has 1 aliphatic rings. The van der Waals surface area contributed by atoms with Crippen LogP contribution in [-0.4, -0.2) is 63.1 Å². The van der Waals surface area contributed by atoms with Gasteiger partial charge in [-0.1, -0.05) is 6.07 Å². The number of methoxy groups -OCH3 is 2. The molecule has 1 aromatic rings. The van der Waals surface area contributed by atoms with Crippen molar-refractivity contribution < 1.29 is 19.1 Å². The molecule has 1 saturated heterocycles. The fourth-order valence-electron chi connectivity index (χ4n) is 3.15. The maximum Gasteiger partial charge on any atom is 0.319 e. The van der Waals surface area contributed by atoms with Gasteiger partial charge in [-0.2, -0.15) is 0 Å². The topological polar surface area (TPSA) is 71.1 Å². The van der Waals surface area contributed by atoms with Crippen LogP contribution in [0.3, 0.4) is 0 Å².